The third-order valence-electron chi connectivity index (χ3n) is 3.46. The smallest absolute Gasteiger partial charge is 0.303 e. The van der Waals surface area contributed by atoms with Crippen LogP contribution in [0.4, 0.5) is 4.39 Å². The highest BCUT2D eigenvalue weighted by Crippen LogP contribution is 2.45. The van der Waals surface area contributed by atoms with Gasteiger partial charge in [0.1, 0.15) is 12.4 Å². The van der Waals surface area contributed by atoms with E-state index in [1.165, 1.54) is 7.11 Å². The first-order valence-electron chi connectivity index (χ1n) is 6.10. The molecule has 0 saturated heterocycles. The van der Waals surface area contributed by atoms with E-state index >= 15 is 0 Å². The van der Waals surface area contributed by atoms with Crippen LogP contribution in [0.1, 0.15) is 36.3 Å². The van der Waals surface area contributed by atoms with Crippen molar-refractivity contribution >= 4 is 5.97 Å². The third kappa shape index (κ3) is 2.81. The first kappa shape index (κ1) is 12.9. The molecule has 1 N–H and O–H groups in total. The van der Waals surface area contributed by atoms with Crippen molar-refractivity contribution in [2.45, 2.75) is 31.9 Å². The van der Waals surface area contributed by atoms with Crippen LogP contribution in [0.15, 0.2) is 18.2 Å². The Bertz CT molecular complexity index is 441. The molecule has 0 radical (unpaired) electrons. The van der Waals surface area contributed by atoms with E-state index in [1.54, 1.807) is 12.1 Å². The largest absolute Gasteiger partial charge is 0.496 e. The molecule has 2 rings (SSSR count). The quantitative estimate of drug-likeness (QED) is 0.846. The van der Waals surface area contributed by atoms with Gasteiger partial charge >= 0.3 is 5.97 Å². The Morgan fingerprint density at radius 2 is 2.28 bits per heavy atom. The molecule has 98 valence electrons. The van der Waals surface area contributed by atoms with Crippen molar-refractivity contribution < 1.29 is 19.0 Å². The van der Waals surface area contributed by atoms with Crippen LogP contribution in [0, 0.1) is 5.92 Å². The Kier molecular flexibility index (Phi) is 3.84. The second-order valence-electron chi connectivity index (χ2n) is 4.75. The normalized spacial score (nSPS) is 16.3. The molecular weight excluding hydrogens is 235 g/mol. The highest BCUT2D eigenvalue weighted by atomic mass is 19.1. The monoisotopic (exact) mass is 252 g/mol. The first-order chi connectivity index (χ1) is 8.65. The van der Waals surface area contributed by atoms with Gasteiger partial charge in [0.2, 0.25) is 0 Å². The van der Waals surface area contributed by atoms with Crippen molar-refractivity contribution in [3.05, 3.63) is 29.3 Å². The summed E-state index contributed by atoms with van der Waals surface area (Å²) in [6, 6.07) is 5.32. The Balaban J connectivity index is 2.26. The van der Waals surface area contributed by atoms with Crippen LogP contribution in [0.5, 0.6) is 5.75 Å². The van der Waals surface area contributed by atoms with Crippen LogP contribution in [-0.2, 0) is 11.5 Å². The second kappa shape index (κ2) is 5.38. The molecule has 1 saturated carbocycles. The minimum Gasteiger partial charge on any atom is -0.496 e. The van der Waals surface area contributed by atoms with Crippen LogP contribution >= 0.6 is 0 Å². The van der Waals surface area contributed by atoms with Crippen LogP contribution in [-0.4, -0.2) is 18.2 Å². The molecule has 0 bridgehead atoms. The fourth-order valence-electron chi connectivity index (χ4n) is 2.38. The summed E-state index contributed by atoms with van der Waals surface area (Å²) < 4.78 is 18.0. The predicted octanol–water partition coefficient (Wildman–Crippen LogP) is 3.13. The van der Waals surface area contributed by atoms with Crippen LogP contribution in [0.2, 0.25) is 0 Å². The third-order valence-corrected chi connectivity index (χ3v) is 3.46. The number of alkyl halides is 1. The average molecular weight is 252 g/mol. The molecule has 1 unspecified atom stereocenters. The zero-order valence-corrected chi connectivity index (χ0v) is 10.4. The van der Waals surface area contributed by atoms with E-state index in [-0.39, 0.29) is 12.3 Å². The number of ether oxygens (including phenoxy) is 1. The Morgan fingerprint density at radius 1 is 1.56 bits per heavy atom. The van der Waals surface area contributed by atoms with E-state index in [0.29, 0.717) is 17.2 Å². The van der Waals surface area contributed by atoms with Crippen molar-refractivity contribution in [1.82, 2.24) is 0 Å². The molecule has 0 aromatic heterocycles. The van der Waals surface area contributed by atoms with Gasteiger partial charge in [0.25, 0.3) is 0 Å². The lowest BCUT2D eigenvalue weighted by Gasteiger charge is -2.16. The van der Waals surface area contributed by atoms with E-state index in [9.17, 15) is 9.18 Å². The number of hydrogen-bond acceptors (Lipinski definition) is 2. The Hall–Kier alpha value is -1.58. The van der Waals surface area contributed by atoms with Crippen molar-refractivity contribution in [3.8, 4) is 5.75 Å². The van der Waals surface area contributed by atoms with E-state index in [2.05, 4.69) is 0 Å². The van der Waals surface area contributed by atoms with Gasteiger partial charge in [-0.25, -0.2) is 4.39 Å². The van der Waals surface area contributed by atoms with Crippen LogP contribution in [0.3, 0.4) is 0 Å². The number of carboxylic acid groups (broad SMARTS) is 1. The molecule has 1 fully saturated rings. The standard InChI is InChI=1S/C14H17FO3/c1-18-13-5-4-10(6-11(13)8-15)12(7-14(16)17)9-2-3-9/h4-6,9,12H,2-3,7-8H2,1H3,(H,16,17). The van der Waals surface area contributed by atoms with Crippen LogP contribution < -0.4 is 4.74 Å². The molecule has 0 amide bonds. The van der Waals surface area contributed by atoms with E-state index < -0.39 is 12.6 Å². The van der Waals surface area contributed by atoms with Gasteiger partial charge in [-0.15, -0.1) is 0 Å². The SMILES string of the molecule is COc1ccc(C(CC(=O)O)C2CC2)cc1CF. The summed E-state index contributed by atoms with van der Waals surface area (Å²) in [6.07, 6.45) is 2.24. The minimum atomic E-state index is -0.801. The Morgan fingerprint density at radius 3 is 2.78 bits per heavy atom. The molecule has 1 aliphatic carbocycles. The first-order valence-corrected chi connectivity index (χ1v) is 6.10. The van der Waals surface area contributed by atoms with Gasteiger partial charge in [-0.1, -0.05) is 6.07 Å². The summed E-state index contributed by atoms with van der Waals surface area (Å²) in [5, 5.41) is 8.95. The number of aliphatic carboxylic acids is 1. The average Bonchev–Trinajstić information content (AvgIpc) is 3.19. The van der Waals surface area contributed by atoms with Crippen molar-refractivity contribution in [1.29, 1.82) is 0 Å². The molecule has 1 aromatic rings. The maximum Gasteiger partial charge on any atom is 0.303 e. The molecule has 0 aliphatic heterocycles. The lowest BCUT2D eigenvalue weighted by Crippen LogP contribution is -2.09. The van der Waals surface area contributed by atoms with Crippen molar-refractivity contribution in [2.24, 2.45) is 5.92 Å². The number of benzene rings is 1. The van der Waals surface area contributed by atoms with Gasteiger partial charge < -0.3 is 9.84 Å². The van der Waals surface area contributed by atoms with Gasteiger partial charge in [-0.05, 0) is 42.4 Å². The number of methoxy groups -OCH3 is 1. The van der Waals surface area contributed by atoms with Crippen molar-refractivity contribution in [3.63, 3.8) is 0 Å². The summed E-state index contributed by atoms with van der Waals surface area (Å²) in [5.41, 5.74) is 1.40. The van der Waals surface area contributed by atoms with Gasteiger partial charge in [-0.3, -0.25) is 4.79 Å². The van der Waals surface area contributed by atoms with E-state index in [0.717, 1.165) is 18.4 Å². The number of carboxylic acids is 1. The predicted molar refractivity (Wildman–Crippen MR) is 65.5 cm³/mol. The molecule has 18 heavy (non-hydrogen) atoms. The van der Waals surface area contributed by atoms with E-state index in [1.807, 2.05) is 6.07 Å². The summed E-state index contributed by atoms with van der Waals surface area (Å²) in [4.78, 5) is 10.9. The number of halogens is 1. The number of hydrogen-bond donors (Lipinski definition) is 1. The molecule has 1 aromatic carbocycles. The topological polar surface area (TPSA) is 46.5 Å². The molecular formula is C14H17FO3. The summed E-state index contributed by atoms with van der Waals surface area (Å²) in [5.74, 6) is 0.149. The molecule has 3 nitrogen and oxygen atoms in total. The highest BCUT2D eigenvalue weighted by molar-refractivity contribution is 5.68. The minimum absolute atomic E-state index is 0.00120. The lowest BCUT2D eigenvalue weighted by molar-refractivity contribution is -0.137. The summed E-state index contributed by atoms with van der Waals surface area (Å²) in [6.45, 7) is -0.596. The Labute approximate surface area is 106 Å². The summed E-state index contributed by atoms with van der Waals surface area (Å²) in [7, 11) is 1.50. The molecule has 0 heterocycles. The zero-order chi connectivity index (χ0) is 13.1. The molecule has 0 spiro atoms. The fraction of sp³-hybridized carbons (Fsp3) is 0.500. The fourth-order valence-corrected chi connectivity index (χ4v) is 2.38. The maximum absolute atomic E-state index is 12.9. The highest BCUT2D eigenvalue weighted by Gasteiger charge is 2.33. The van der Waals surface area contributed by atoms with Gasteiger partial charge in [0.05, 0.1) is 13.5 Å². The molecule has 1 aliphatic rings. The van der Waals surface area contributed by atoms with Gasteiger partial charge in [-0.2, -0.15) is 0 Å². The van der Waals surface area contributed by atoms with Crippen molar-refractivity contribution in [2.75, 3.05) is 7.11 Å². The van der Waals surface area contributed by atoms with Gasteiger partial charge in [0.15, 0.2) is 0 Å². The zero-order valence-electron chi connectivity index (χ0n) is 10.4. The number of carbonyl (C=O) groups is 1. The second-order valence-corrected chi connectivity index (χ2v) is 4.75. The number of rotatable bonds is 6. The van der Waals surface area contributed by atoms with E-state index in [4.69, 9.17) is 9.84 Å². The van der Waals surface area contributed by atoms with Crippen LogP contribution in [0.25, 0.3) is 0 Å². The van der Waals surface area contributed by atoms with Gasteiger partial charge in [0, 0.05) is 5.56 Å². The molecule has 1 atom stereocenters. The lowest BCUT2D eigenvalue weighted by atomic mass is 9.90. The summed E-state index contributed by atoms with van der Waals surface area (Å²) >= 11 is 0. The maximum atomic E-state index is 12.9. The molecule has 4 heteroatoms.